The number of nitrogen functional groups attached to an aromatic ring is 1. The van der Waals surface area contributed by atoms with Gasteiger partial charge in [-0.15, -0.1) is 11.8 Å². The molecule has 0 saturated heterocycles. The molecule has 5 heteroatoms. The Morgan fingerprint density at radius 3 is 2.80 bits per heavy atom. The standard InChI is InChI=1S/C15H16N4S/c1-10-7-14(19(2)18-10)20-9-12-8-11-5-3-4-6-13(11)17-15(12)16/h3-8H,9H2,1-2H3,(H2,16,17). The first-order valence-corrected chi connectivity index (χ1v) is 7.39. The number of benzene rings is 1. The maximum Gasteiger partial charge on any atom is 0.128 e. The lowest BCUT2D eigenvalue weighted by Crippen LogP contribution is -1.98. The summed E-state index contributed by atoms with van der Waals surface area (Å²) < 4.78 is 1.89. The number of anilines is 1. The summed E-state index contributed by atoms with van der Waals surface area (Å²) in [5.74, 6) is 1.40. The third-order valence-corrected chi connectivity index (χ3v) is 4.30. The van der Waals surface area contributed by atoms with Crippen molar-refractivity contribution in [3.8, 4) is 0 Å². The Labute approximate surface area is 122 Å². The van der Waals surface area contributed by atoms with Crippen LogP contribution in [0.3, 0.4) is 0 Å². The van der Waals surface area contributed by atoms with Gasteiger partial charge in [-0.1, -0.05) is 18.2 Å². The Morgan fingerprint density at radius 2 is 2.05 bits per heavy atom. The first-order chi connectivity index (χ1) is 9.63. The SMILES string of the molecule is Cc1cc(SCc2cc3ccccc3nc2N)n(C)n1. The van der Waals surface area contributed by atoms with E-state index in [1.807, 2.05) is 36.9 Å². The van der Waals surface area contributed by atoms with Gasteiger partial charge in [0.2, 0.25) is 0 Å². The first kappa shape index (κ1) is 13.0. The average molecular weight is 284 g/mol. The quantitative estimate of drug-likeness (QED) is 0.751. The van der Waals surface area contributed by atoms with Gasteiger partial charge in [0.1, 0.15) is 5.82 Å². The van der Waals surface area contributed by atoms with Crippen molar-refractivity contribution in [2.75, 3.05) is 5.73 Å². The second kappa shape index (κ2) is 5.17. The summed E-state index contributed by atoms with van der Waals surface area (Å²) in [5.41, 5.74) is 9.08. The Kier molecular flexibility index (Phi) is 3.36. The number of para-hydroxylation sites is 1. The van der Waals surface area contributed by atoms with Crippen molar-refractivity contribution in [3.63, 3.8) is 0 Å². The third kappa shape index (κ3) is 2.49. The van der Waals surface area contributed by atoms with Crippen molar-refractivity contribution in [1.29, 1.82) is 0 Å². The largest absolute Gasteiger partial charge is 0.383 e. The molecule has 0 amide bonds. The van der Waals surface area contributed by atoms with Crippen LogP contribution in [0, 0.1) is 6.92 Å². The molecule has 2 aromatic heterocycles. The number of aryl methyl sites for hydroxylation is 2. The fraction of sp³-hybridized carbons (Fsp3) is 0.200. The van der Waals surface area contributed by atoms with Gasteiger partial charge in [0.15, 0.2) is 0 Å². The molecular weight excluding hydrogens is 268 g/mol. The molecule has 2 N–H and O–H groups in total. The molecule has 0 aliphatic rings. The van der Waals surface area contributed by atoms with Crippen LogP contribution < -0.4 is 5.73 Å². The predicted molar refractivity (Wildman–Crippen MR) is 83.7 cm³/mol. The van der Waals surface area contributed by atoms with Crippen LogP contribution in [0.1, 0.15) is 11.3 Å². The van der Waals surface area contributed by atoms with Crippen LogP contribution in [0.15, 0.2) is 41.4 Å². The van der Waals surface area contributed by atoms with Gasteiger partial charge in [-0.3, -0.25) is 4.68 Å². The molecule has 4 nitrogen and oxygen atoms in total. The average Bonchev–Trinajstić information content (AvgIpc) is 2.74. The summed E-state index contributed by atoms with van der Waals surface area (Å²) in [6, 6.07) is 12.2. The Hall–Kier alpha value is -2.01. The smallest absolute Gasteiger partial charge is 0.128 e. The van der Waals surface area contributed by atoms with E-state index in [0.717, 1.165) is 32.9 Å². The zero-order chi connectivity index (χ0) is 14.1. The van der Waals surface area contributed by atoms with Gasteiger partial charge in [0.05, 0.1) is 16.2 Å². The van der Waals surface area contributed by atoms with Crippen LogP contribution in [0.5, 0.6) is 0 Å². The molecule has 20 heavy (non-hydrogen) atoms. The highest BCUT2D eigenvalue weighted by molar-refractivity contribution is 7.98. The van der Waals surface area contributed by atoms with Gasteiger partial charge in [0, 0.05) is 23.8 Å². The maximum absolute atomic E-state index is 6.05. The van der Waals surface area contributed by atoms with Crippen molar-refractivity contribution in [2.45, 2.75) is 17.7 Å². The van der Waals surface area contributed by atoms with Crippen LogP contribution in [-0.4, -0.2) is 14.8 Å². The third-order valence-electron chi connectivity index (χ3n) is 3.17. The summed E-state index contributed by atoms with van der Waals surface area (Å²) in [6.45, 7) is 2.00. The number of hydrogen-bond donors (Lipinski definition) is 1. The van der Waals surface area contributed by atoms with E-state index in [0.29, 0.717) is 5.82 Å². The molecule has 3 rings (SSSR count). The lowest BCUT2D eigenvalue weighted by atomic mass is 10.1. The second-order valence-electron chi connectivity index (χ2n) is 4.76. The van der Waals surface area contributed by atoms with E-state index in [4.69, 9.17) is 5.73 Å². The first-order valence-electron chi connectivity index (χ1n) is 6.41. The van der Waals surface area contributed by atoms with Gasteiger partial charge in [-0.2, -0.15) is 5.10 Å². The Bertz CT molecular complexity index is 764. The summed E-state index contributed by atoms with van der Waals surface area (Å²) in [5, 5.41) is 6.60. The fourth-order valence-electron chi connectivity index (χ4n) is 2.16. The van der Waals surface area contributed by atoms with Crippen LogP contribution in [0.2, 0.25) is 0 Å². The topological polar surface area (TPSA) is 56.7 Å². The van der Waals surface area contributed by atoms with Crippen molar-refractivity contribution in [2.24, 2.45) is 7.05 Å². The van der Waals surface area contributed by atoms with E-state index < -0.39 is 0 Å². The van der Waals surface area contributed by atoms with Crippen molar-refractivity contribution in [1.82, 2.24) is 14.8 Å². The predicted octanol–water partition coefficient (Wildman–Crippen LogP) is 3.15. The molecule has 0 fully saturated rings. The van der Waals surface area contributed by atoms with Crippen molar-refractivity contribution < 1.29 is 0 Å². The van der Waals surface area contributed by atoms with Gasteiger partial charge in [-0.05, 0) is 25.1 Å². The Balaban J connectivity index is 1.87. The number of pyridine rings is 1. The van der Waals surface area contributed by atoms with Gasteiger partial charge in [-0.25, -0.2) is 4.98 Å². The number of nitrogens with two attached hydrogens (primary N) is 1. The molecule has 3 aromatic rings. The summed E-state index contributed by atoms with van der Waals surface area (Å²) in [4.78, 5) is 4.46. The van der Waals surface area contributed by atoms with E-state index in [2.05, 4.69) is 28.3 Å². The Morgan fingerprint density at radius 1 is 1.25 bits per heavy atom. The van der Waals surface area contributed by atoms with Crippen LogP contribution in [-0.2, 0) is 12.8 Å². The normalized spacial score (nSPS) is 11.1. The minimum absolute atomic E-state index is 0.607. The minimum atomic E-state index is 0.607. The molecule has 0 saturated carbocycles. The maximum atomic E-state index is 6.05. The molecule has 1 aromatic carbocycles. The molecule has 0 aliphatic heterocycles. The molecule has 0 radical (unpaired) electrons. The molecular formula is C15H16N4S. The lowest BCUT2D eigenvalue weighted by Gasteiger charge is -2.07. The number of aromatic nitrogens is 3. The van der Waals surface area contributed by atoms with Gasteiger partial charge >= 0.3 is 0 Å². The minimum Gasteiger partial charge on any atom is -0.383 e. The summed E-state index contributed by atoms with van der Waals surface area (Å²) in [7, 11) is 1.96. The van der Waals surface area contributed by atoms with Crippen molar-refractivity contribution in [3.05, 3.63) is 47.7 Å². The van der Waals surface area contributed by atoms with E-state index in [1.165, 1.54) is 0 Å². The molecule has 0 atom stereocenters. The highest BCUT2D eigenvalue weighted by atomic mass is 32.2. The lowest BCUT2D eigenvalue weighted by molar-refractivity contribution is 0.692. The van der Waals surface area contributed by atoms with Crippen molar-refractivity contribution >= 4 is 28.5 Å². The molecule has 2 heterocycles. The number of nitrogens with zero attached hydrogens (tertiary/aromatic N) is 3. The van der Waals surface area contributed by atoms with Gasteiger partial charge in [0.25, 0.3) is 0 Å². The molecule has 102 valence electrons. The van der Waals surface area contributed by atoms with Gasteiger partial charge < -0.3 is 5.73 Å². The van der Waals surface area contributed by atoms with Crippen LogP contribution >= 0.6 is 11.8 Å². The van der Waals surface area contributed by atoms with E-state index in [9.17, 15) is 0 Å². The summed E-state index contributed by atoms with van der Waals surface area (Å²) >= 11 is 1.72. The fourth-order valence-corrected chi connectivity index (χ4v) is 3.18. The number of thioether (sulfide) groups is 1. The van der Waals surface area contributed by atoms with Crippen LogP contribution in [0.25, 0.3) is 10.9 Å². The van der Waals surface area contributed by atoms with E-state index in [1.54, 1.807) is 11.8 Å². The number of rotatable bonds is 3. The zero-order valence-electron chi connectivity index (χ0n) is 11.5. The zero-order valence-corrected chi connectivity index (χ0v) is 12.3. The monoisotopic (exact) mass is 284 g/mol. The number of fused-ring (bicyclic) bond motifs is 1. The second-order valence-corrected chi connectivity index (χ2v) is 5.76. The number of hydrogen-bond acceptors (Lipinski definition) is 4. The molecule has 0 spiro atoms. The van der Waals surface area contributed by atoms with Crippen LogP contribution in [0.4, 0.5) is 5.82 Å². The summed E-state index contributed by atoms with van der Waals surface area (Å²) in [6.07, 6.45) is 0. The highest BCUT2D eigenvalue weighted by Crippen LogP contribution is 2.27. The molecule has 0 bridgehead atoms. The molecule has 0 unspecified atom stereocenters. The van der Waals surface area contributed by atoms with E-state index in [-0.39, 0.29) is 0 Å². The highest BCUT2D eigenvalue weighted by Gasteiger charge is 2.07. The molecule has 0 aliphatic carbocycles. The van der Waals surface area contributed by atoms with E-state index >= 15 is 0 Å².